The SMILES string of the molecule is O=C(NCC1CC(O)C1)c1cc2ccc(C(F)(F)F)cc2[nH]c1=O. The number of H-pyrrole nitrogens is 1. The number of fused-ring (bicyclic) bond motifs is 1. The van der Waals surface area contributed by atoms with Gasteiger partial charge in [0.05, 0.1) is 11.7 Å². The van der Waals surface area contributed by atoms with E-state index in [0.717, 1.165) is 12.1 Å². The minimum atomic E-state index is -4.51. The Hall–Kier alpha value is -2.35. The maximum atomic E-state index is 12.7. The number of aromatic amines is 1. The van der Waals surface area contributed by atoms with Crippen molar-refractivity contribution in [1.82, 2.24) is 10.3 Å². The van der Waals surface area contributed by atoms with Gasteiger partial charge in [0.25, 0.3) is 11.5 Å². The molecule has 1 amide bonds. The number of hydrogen-bond donors (Lipinski definition) is 3. The third-order valence-corrected chi connectivity index (χ3v) is 4.18. The number of alkyl halides is 3. The summed E-state index contributed by atoms with van der Waals surface area (Å²) in [4.78, 5) is 26.4. The van der Waals surface area contributed by atoms with Gasteiger partial charge in [-0.1, -0.05) is 6.07 Å². The molecule has 1 aromatic heterocycles. The van der Waals surface area contributed by atoms with Gasteiger partial charge in [0.15, 0.2) is 0 Å². The molecule has 8 heteroatoms. The highest BCUT2D eigenvalue weighted by molar-refractivity contribution is 5.97. The fourth-order valence-corrected chi connectivity index (χ4v) is 2.75. The molecule has 1 aliphatic carbocycles. The van der Waals surface area contributed by atoms with E-state index in [-0.39, 0.29) is 23.1 Å². The third-order valence-electron chi connectivity index (χ3n) is 4.18. The normalized spacial score (nSPS) is 20.7. The quantitative estimate of drug-likeness (QED) is 0.800. The van der Waals surface area contributed by atoms with E-state index in [4.69, 9.17) is 0 Å². The van der Waals surface area contributed by atoms with E-state index in [1.54, 1.807) is 0 Å². The van der Waals surface area contributed by atoms with Gasteiger partial charge in [-0.3, -0.25) is 9.59 Å². The summed E-state index contributed by atoms with van der Waals surface area (Å²) in [6.45, 7) is 0.348. The van der Waals surface area contributed by atoms with Crippen molar-refractivity contribution in [2.45, 2.75) is 25.1 Å². The average Bonchev–Trinajstić information content (AvgIpc) is 2.48. The summed E-state index contributed by atoms with van der Waals surface area (Å²) in [5, 5.41) is 12.1. The summed E-state index contributed by atoms with van der Waals surface area (Å²) in [7, 11) is 0. The van der Waals surface area contributed by atoms with Crippen molar-refractivity contribution in [3.63, 3.8) is 0 Å². The first-order valence-corrected chi connectivity index (χ1v) is 7.44. The lowest BCUT2D eigenvalue weighted by Crippen LogP contribution is -2.39. The predicted octanol–water partition coefficient (Wildman–Crippen LogP) is 2.05. The molecule has 0 unspecified atom stereocenters. The number of aromatic nitrogens is 1. The Morgan fingerprint density at radius 3 is 2.62 bits per heavy atom. The number of amides is 1. The molecule has 0 aliphatic heterocycles. The molecular formula is C16H15F3N2O3. The van der Waals surface area contributed by atoms with E-state index in [1.165, 1.54) is 12.1 Å². The van der Waals surface area contributed by atoms with E-state index in [2.05, 4.69) is 10.3 Å². The Bertz CT molecular complexity index is 839. The number of aliphatic hydroxyl groups excluding tert-OH is 1. The molecule has 0 spiro atoms. The largest absolute Gasteiger partial charge is 0.416 e. The smallest absolute Gasteiger partial charge is 0.393 e. The van der Waals surface area contributed by atoms with Crippen molar-refractivity contribution in [2.75, 3.05) is 6.54 Å². The van der Waals surface area contributed by atoms with Gasteiger partial charge in [-0.25, -0.2) is 0 Å². The molecule has 1 saturated carbocycles. The van der Waals surface area contributed by atoms with Crippen LogP contribution in [0.2, 0.25) is 0 Å². The maximum Gasteiger partial charge on any atom is 0.416 e. The van der Waals surface area contributed by atoms with Gasteiger partial charge in [0.1, 0.15) is 5.56 Å². The molecule has 3 rings (SSSR count). The molecule has 1 heterocycles. The topological polar surface area (TPSA) is 82.2 Å². The summed E-state index contributed by atoms with van der Waals surface area (Å²) < 4.78 is 38.1. The van der Waals surface area contributed by atoms with Crippen LogP contribution in [-0.2, 0) is 6.18 Å². The zero-order chi connectivity index (χ0) is 17.5. The van der Waals surface area contributed by atoms with Crippen molar-refractivity contribution in [1.29, 1.82) is 0 Å². The fraction of sp³-hybridized carbons (Fsp3) is 0.375. The van der Waals surface area contributed by atoms with Crippen LogP contribution in [0, 0.1) is 5.92 Å². The summed E-state index contributed by atoms with van der Waals surface area (Å²) >= 11 is 0. The van der Waals surface area contributed by atoms with Gasteiger partial charge in [-0.15, -0.1) is 0 Å². The molecule has 1 aliphatic rings. The number of aliphatic hydroxyl groups is 1. The van der Waals surface area contributed by atoms with E-state index < -0.39 is 23.2 Å². The number of rotatable bonds is 3. The lowest BCUT2D eigenvalue weighted by molar-refractivity contribution is -0.137. The molecule has 128 valence electrons. The first-order valence-electron chi connectivity index (χ1n) is 7.44. The molecule has 1 fully saturated rings. The standard InChI is InChI=1S/C16H15F3N2O3/c17-16(18,19)10-2-1-9-5-12(15(24)21-13(9)6-10)14(23)20-7-8-3-11(22)4-8/h1-2,5-6,8,11,22H,3-4,7H2,(H,20,23)(H,21,24). The summed E-state index contributed by atoms with van der Waals surface area (Å²) in [5.74, 6) is -0.405. The lowest BCUT2D eigenvalue weighted by atomic mass is 9.82. The Morgan fingerprint density at radius 1 is 1.29 bits per heavy atom. The third kappa shape index (κ3) is 3.28. The summed E-state index contributed by atoms with van der Waals surface area (Å²) in [6, 6.07) is 4.23. The van der Waals surface area contributed by atoms with Gasteiger partial charge in [-0.2, -0.15) is 13.2 Å². The highest BCUT2D eigenvalue weighted by atomic mass is 19.4. The van der Waals surface area contributed by atoms with Crippen LogP contribution in [0.4, 0.5) is 13.2 Å². The Labute approximate surface area is 134 Å². The van der Waals surface area contributed by atoms with Gasteiger partial charge in [0.2, 0.25) is 0 Å². The van der Waals surface area contributed by atoms with Gasteiger partial charge < -0.3 is 15.4 Å². The second kappa shape index (κ2) is 5.94. The van der Waals surface area contributed by atoms with Crippen LogP contribution < -0.4 is 10.9 Å². The Balaban J connectivity index is 1.82. The minimum absolute atomic E-state index is 0.0218. The number of carbonyl (C=O) groups is 1. The van der Waals surface area contributed by atoms with Crippen LogP contribution in [0.5, 0.6) is 0 Å². The average molecular weight is 340 g/mol. The zero-order valence-electron chi connectivity index (χ0n) is 12.5. The molecule has 0 radical (unpaired) electrons. The Morgan fingerprint density at radius 2 is 2.00 bits per heavy atom. The van der Waals surface area contributed by atoms with Crippen molar-refractivity contribution in [2.24, 2.45) is 5.92 Å². The fourth-order valence-electron chi connectivity index (χ4n) is 2.75. The van der Waals surface area contributed by atoms with Gasteiger partial charge in [0, 0.05) is 12.1 Å². The Kier molecular flexibility index (Phi) is 4.08. The molecule has 2 aromatic rings. The molecule has 0 atom stereocenters. The molecule has 24 heavy (non-hydrogen) atoms. The summed E-state index contributed by atoms with van der Waals surface area (Å²) in [6.07, 6.45) is -3.63. The van der Waals surface area contributed by atoms with Crippen LogP contribution in [0.3, 0.4) is 0 Å². The second-order valence-electron chi connectivity index (χ2n) is 6.01. The maximum absolute atomic E-state index is 12.7. The van der Waals surface area contributed by atoms with Crippen molar-refractivity contribution >= 4 is 16.8 Å². The molecule has 5 nitrogen and oxygen atoms in total. The highest BCUT2D eigenvalue weighted by Gasteiger charge is 2.31. The van der Waals surface area contributed by atoms with Crippen LogP contribution in [0.1, 0.15) is 28.8 Å². The number of halogens is 3. The first kappa shape index (κ1) is 16.5. The van der Waals surface area contributed by atoms with Gasteiger partial charge in [-0.05, 0) is 42.3 Å². The monoisotopic (exact) mass is 340 g/mol. The highest BCUT2D eigenvalue weighted by Crippen LogP contribution is 2.30. The predicted molar refractivity (Wildman–Crippen MR) is 80.6 cm³/mol. The number of hydrogen-bond acceptors (Lipinski definition) is 3. The number of carbonyl (C=O) groups excluding carboxylic acids is 1. The van der Waals surface area contributed by atoms with E-state index in [9.17, 15) is 27.9 Å². The number of pyridine rings is 1. The van der Waals surface area contributed by atoms with E-state index in [0.29, 0.717) is 24.8 Å². The summed E-state index contributed by atoms with van der Waals surface area (Å²) in [5.41, 5.74) is -1.74. The molecule has 3 N–H and O–H groups in total. The first-order chi connectivity index (χ1) is 11.2. The molecule has 0 bridgehead atoms. The van der Waals surface area contributed by atoms with Crippen molar-refractivity contribution < 1.29 is 23.1 Å². The second-order valence-corrected chi connectivity index (χ2v) is 6.01. The molecule has 0 saturated heterocycles. The number of benzene rings is 1. The van der Waals surface area contributed by atoms with Crippen LogP contribution in [0.15, 0.2) is 29.1 Å². The lowest BCUT2D eigenvalue weighted by Gasteiger charge is -2.31. The van der Waals surface area contributed by atoms with Crippen molar-refractivity contribution in [3.05, 3.63) is 45.7 Å². The number of nitrogens with one attached hydrogen (secondary N) is 2. The van der Waals surface area contributed by atoms with Gasteiger partial charge >= 0.3 is 6.18 Å². The van der Waals surface area contributed by atoms with E-state index in [1.807, 2.05) is 0 Å². The van der Waals surface area contributed by atoms with E-state index >= 15 is 0 Å². The van der Waals surface area contributed by atoms with Crippen molar-refractivity contribution in [3.8, 4) is 0 Å². The van der Waals surface area contributed by atoms with Crippen LogP contribution >= 0.6 is 0 Å². The minimum Gasteiger partial charge on any atom is -0.393 e. The molecular weight excluding hydrogens is 325 g/mol. The van der Waals surface area contributed by atoms with Crippen LogP contribution in [-0.4, -0.2) is 28.6 Å². The molecule has 1 aromatic carbocycles. The van der Waals surface area contributed by atoms with Crippen LogP contribution in [0.25, 0.3) is 10.9 Å². The zero-order valence-corrected chi connectivity index (χ0v) is 12.5.